The summed E-state index contributed by atoms with van der Waals surface area (Å²) < 4.78 is 12.3. The van der Waals surface area contributed by atoms with Crippen LogP contribution in [0.5, 0.6) is 0 Å². The summed E-state index contributed by atoms with van der Waals surface area (Å²) in [6, 6.07) is 14.5. The van der Waals surface area contributed by atoms with Crippen molar-refractivity contribution < 1.29 is 9.05 Å². The Morgan fingerprint density at radius 3 is 2.14 bits per heavy atom. The van der Waals surface area contributed by atoms with Crippen LogP contribution in [0.4, 0.5) is 0 Å². The lowest BCUT2D eigenvalue weighted by atomic mass is 10.1. The highest BCUT2D eigenvalue weighted by molar-refractivity contribution is 7.85. The molecule has 2 rings (SSSR count). The molecular formula is C16H15Cl2NO2S. The van der Waals surface area contributed by atoms with Gasteiger partial charge in [0.1, 0.15) is 7.11 Å². The van der Waals surface area contributed by atoms with Crippen molar-refractivity contribution in [3.05, 3.63) is 69.7 Å². The number of oxime groups is 1. The zero-order valence-corrected chi connectivity index (χ0v) is 14.3. The molecule has 0 fully saturated rings. The second-order valence-corrected chi connectivity index (χ2v) is 6.91. The molecule has 116 valence electrons. The summed E-state index contributed by atoms with van der Waals surface area (Å²) in [6.45, 7) is 0. The molecule has 0 N–H and O–H groups in total. The Bertz CT molecular complexity index is 670. The Kier molecular flexibility index (Phi) is 6.43. The summed E-state index contributed by atoms with van der Waals surface area (Å²) in [5.74, 6) is 0.742. The van der Waals surface area contributed by atoms with Crippen LogP contribution in [0.15, 0.2) is 53.7 Å². The number of benzene rings is 2. The van der Waals surface area contributed by atoms with E-state index in [4.69, 9.17) is 28.0 Å². The molecular weight excluding hydrogens is 341 g/mol. The molecule has 0 aliphatic rings. The summed E-state index contributed by atoms with van der Waals surface area (Å²) in [6.07, 6.45) is 0. The van der Waals surface area contributed by atoms with E-state index in [1.165, 1.54) is 7.11 Å². The minimum atomic E-state index is -1.10. The molecule has 6 heteroatoms. The maximum absolute atomic E-state index is 12.3. The number of hydrogen-bond donors (Lipinski definition) is 0. The molecule has 0 spiro atoms. The molecule has 1 atom stereocenters. The molecule has 22 heavy (non-hydrogen) atoms. The van der Waals surface area contributed by atoms with Crippen molar-refractivity contribution in [2.75, 3.05) is 12.9 Å². The largest absolute Gasteiger partial charge is 0.399 e. The standard InChI is InChI=1S/C16H15Cl2NO2S/c1-21-19-16(13-4-8-15(18)9-5-13)11-22(20)10-12-2-6-14(17)7-3-12/h2-9H,10-11H2,1H3/b19-16+/t22-/m1/s1. The third-order valence-corrected chi connectivity index (χ3v) is 4.67. The van der Waals surface area contributed by atoms with Crippen LogP contribution in [-0.2, 0) is 21.4 Å². The Hall–Kier alpha value is -1.36. The quantitative estimate of drug-likeness (QED) is 0.572. The van der Waals surface area contributed by atoms with Crippen molar-refractivity contribution in [2.45, 2.75) is 5.75 Å². The fourth-order valence-electron chi connectivity index (χ4n) is 1.88. The van der Waals surface area contributed by atoms with E-state index in [1.54, 1.807) is 24.3 Å². The van der Waals surface area contributed by atoms with Gasteiger partial charge in [0, 0.05) is 32.2 Å². The Morgan fingerprint density at radius 2 is 1.59 bits per heavy atom. The molecule has 0 aromatic heterocycles. The zero-order valence-electron chi connectivity index (χ0n) is 12.0. The highest BCUT2D eigenvalue weighted by atomic mass is 35.5. The van der Waals surface area contributed by atoms with Crippen molar-refractivity contribution >= 4 is 39.7 Å². The van der Waals surface area contributed by atoms with E-state index in [1.807, 2.05) is 24.3 Å². The lowest BCUT2D eigenvalue weighted by Gasteiger charge is -2.07. The Morgan fingerprint density at radius 1 is 1.05 bits per heavy atom. The van der Waals surface area contributed by atoms with Crippen molar-refractivity contribution in [2.24, 2.45) is 5.16 Å². The maximum Gasteiger partial charge on any atom is 0.106 e. The van der Waals surface area contributed by atoms with E-state index in [0.717, 1.165) is 11.1 Å². The molecule has 0 bridgehead atoms. The first-order chi connectivity index (χ1) is 10.6. The molecule has 3 nitrogen and oxygen atoms in total. The van der Waals surface area contributed by atoms with Crippen LogP contribution >= 0.6 is 23.2 Å². The van der Waals surface area contributed by atoms with Crippen LogP contribution in [0.2, 0.25) is 10.0 Å². The molecule has 0 radical (unpaired) electrons. The smallest absolute Gasteiger partial charge is 0.106 e. The van der Waals surface area contributed by atoms with E-state index >= 15 is 0 Å². The molecule has 0 saturated carbocycles. The van der Waals surface area contributed by atoms with Crippen LogP contribution in [0.25, 0.3) is 0 Å². The van der Waals surface area contributed by atoms with Gasteiger partial charge in [0.05, 0.1) is 11.5 Å². The first-order valence-electron chi connectivity index (χ1n) is 6.54. The average Bonchev–Trinajstić information content (AvgIpc) is 2.50. The molecule has 0 amide bonds. The van der Waals surface area contributed by atoms with E-state index in [0.29, 0.717) is 27.3 Å². The summed E-state index contributed by atoms with van der Waals surface area (Å²) in [4.78, 5) is 4.86. The Balaban J connectivity index is 2.07. The van der Waals surface area contributed by atoms with Crippen molar-refractivity contribution in [1.82, 2.24) is 0 Å². The number of nitrogens with zero attached hydrogens (tertiary/aromatic N) is 1. The van der Waals surface area contributed by atoms with E-state index in [9.17, 15) is 4.21 Å². The molecule has 0 aliphatic heterocycles. The Labute approximate surface area is 142 Å². The molecule has 0 heterocycles. The van der Waals surface area contributed by atoms with Gasteiger partial charge in [0.15, 0.2) is 0 Å². The maximum atomic E-state index is 12.3. The minimum Gasteiger partial charge on any atom is -0.399 e. The highest BCUT2D eigenvalue weighted by Crippen LogP contribution is 2.14. The first kappa shape index (κ1) is 17.0. The van der Waals surface area contributed by atoms with E-state index in [-0.39, 0.29) is 0 Å². The van der Waals surface area contributed by atoms with Crippen LogP contribution in [-0.4, -0.2) is 22.8 Å². The van der Waals surface area contributed by atoms with Crippen molar-refractivity contribution in [1.29, 1.82) is 0 Å². The van der Waals surface area contributed by atoms with Crippen molar-refractivity contribution in [3.8, 4) is 0 Å². The predicted octanol–water partition coefficient (Wildman–Crippen LogP) is 4.29. The monoisotopic (exact) mass is 355 g/mol. The predicted molar refractivity (Wildman–Crippen MR) is 93.2 cm³/mol. The SMILES string of the molecule is CO/N=C(\C[S@](=O)Cc1ccc(Cl)cc1)c1ccc(Cl)cc1. The summed E-state index contributed by atoms with van der Waals surface area (Å²) in [5.41, 5.74) is 2.44. The molecule has 2 aromatic carbocycles. The number of rotatable bonds is 6. The molecule has 0 unspecified atom stereocenters. The van der Waals surface area contributed by atoms with Crippen LogP contribution < -0.4 is 0 Å². The van der Waals surface area contributed by atoms with Gasteiger partial charge in [-0.2, -0.15) is 0 Å². The summed E-state index contributed by atoms with van der Waals surface area (Å²) in [5, 5.41) is 5.28. The average molecular weight is 356 g/mol. The summed E-state index contributed by atoms with van der Waals surface area (Å²) >= 11 is 11.7. The molecule has 0 saturated heterocycles. The van der Waals surface area contributed by atoms with Gasteiger partial charge in [-0.1, -0.05) is 52.6 Å². The normalized spacial score (nSPS) is 13.0. The minimum absolute atomic E-state index is 0.304. The van der Waals surface area contributed by atoms with Gasteiger partial charge in [0.25, 0.3) is 0 Å². The second kappa shape index (κ2) is 8.32. The topological polar surface area (TPSA) is 38.7 Å². The van der Waals surface area contributed by atoms with Gasteiger partial charge >= 0.3 is 0 Å². The lowest BCUT2D eigenvalue weighted by Crippen LogP contribution is -2.14. The van der Waals surface area contributed by atoms with Gasteiger partial charge in [-0.3, -0.25) is 4.21 Å². The van der Waals surface area contributed by atoms with Gasteiger partial charge in [0.2, 0.25) is 0 Å². The highest BCUT2D eigenvalue weighted by Gasteiger charge is 2.11. The third-order valence-electron chi connectivity index (χ3n) is 2.92. The van der Waals surface area contributed by atoms with Crippen LogP contribution in [0, 0.1) is 0 Å². The number of hydrogen-bond acceptors (Lipinski definition) is 3. The van der Waals surface area contributed by atoms with Gasteiger partial charge in [-0.25, -0.2) is 0 Å². The van der Waals surface area contributed by atoms with Crippen molar-refractivity contribution in [3.63, 3.8) is 0 Å². The lowest BCUT2D eigenvalue weighted by molar-refractivity contribution is 0.213. The molecule has 2 aromatic rings. The number of halogens is 2. The van der Waals surface area contributed by atoms with Gasteiger partial charge in [-0.15, -0.1) is 0 Å². The van der Waals surface area contributed by atoms with Crippen LogP contribution in [0.3, 0.4) is 0 Å². The summed E-state index contributed by atoms with van der Waals surface area (Å²) in [7, 11) is 0.368. The van der Waals surface area contributed by atoms with Gasteiger partial charge in [-0.05, 0) is 29.8 Å². The van der Waals surface area contributed by atoms with Crippen LogP contribution in [0.1, 0.15) is 11.1 Å². The zero-order chi connectivity index (χ0) is 15.9. The first-order valence-corrected chi connectivity index (χ1v) is 8.78. The van der Waals surface area contributed by atoms with E-state index < -0.39 is 10.8 Å². The van der Waals surface area contributed by atoms with E-state index in [2.05, 4.69) is 5.16 Å². The second-order valence-electron chi connectivity index (χ2n) is 4.58. The molecule has 0 aliphatic carbocycles. The van der Waals surface area contributed by atoms with Gasteiger partial charge < -0.3 is 4.84 Å². The third kappa shape index (κ3) is 5.13. The fraction of sp³-hybridized carbons (Fsp3) is 0.188. The fourth-order valence-corrected chi connectivity index (χ4v) is 3.33.